The monoisotopic (exact) mass is 750 g/mol. The molecule has 2 fully saturated rings. The van der Waals surface area contributed by atoms with Crippen molar-refractivity contribution in [2.75, 3.05) is 41.5 Å². The molecule has 0 unspecified atom stereocenters. The Morgan fingerprint density at radius 1 is 1.02 bits per heavy atom. The van der Waals surface area contributed by atoms with Crippen LogP contribution < -0.4 is 31.4 Å². The quantitative estimate of drug-likeness (QED) is 0.137. The lowest BCUT2D eigenvalue weighted by Crippen LogP contribution is -2.41. The summed E-state index contributed by atoms with van der Waals surface area (Å²) < 4.78 is 40.1. The number of nitrogens with one attached hydrogen (secondary N) is 2. The number of benzene rings is 2. The van der Waals surface area contributed by atoms with Crippen molar-refractivity contribution < 1.29 is 27.5 Å². The first-order chi connectivity index (χ1) is 24.6. The van der Waals surface area contributed by atoms with E-state index in [2.05, 4.69) is 14.7 Å². The van der Waals surface area contributed by atoms with E-state index in [-0.39, 0.29) is 28.9 Å². The lowest BCUT2D eigenvalue weighted by Gasteiger charge is -2.34. The molecular formula is C38H54N8O6S. The van der Waals surface area contributed by atoms with Crippen LogP contribution in [0, 0.1) is 6.92 Å². The second-order valence-electron chi connectivity index (χ2n) is 16.0. The lowest BCUT2D eigenvalue weighted by atomic mass is 9.86. The summed E-state index contributed by atoms with van der Waals surface area (Å²) in [7, 11) is -2.23. The van der Waals surface area contributed by atoms with E-state index in [0.717, 1.165) is 54.3 Å². The molecule has 2 amide bonds. The molecule has 14 nitrogen and oxygen atoms in total. The fraction of sp³-hybridized carbons (Fsp3) is 0.500. The summed E-state index contributed by atoms with van der Waals surface area (Å²) in [6.45, 7) is 14.6. The van der Waals surface area contributed by atoms with Crippen LogP contribution in [0.15, 0.2) is 42.7 Å². The van der Waals surface area contributed by atoms with Gasteiger partial charge in [-0.25, -0.2) is 19.1 Å². The first-order valence-electron chi connectivity index (χ1n) is 17.8. The van der Waals surface area contributed by atoms with Crippen LogP contribution in [-0.4, -0.2) is 67.2 Å². The molecule has 0 radical (unpaired) electrons. The fourth-order valence-corrected chi connectivity index (χ4v) is 6.99. The average Bonchev–Trinajstić information content (AvgIpc) is 3.80. The first kappa shape index (κ1) is 39.4. The number of aromatic nitrogens is 2. The normalized spacial score (nSPS) is 16.0. The predicted octanol–water partition coefficient (Wildman–Crippen LogP) is 6.21. The Hall–Kier alpha value is -4.76. The number of amides is 2. The molecule has 1 aliphatic carbocycles. The number of nitrogens with zero attached hydrogens (tertiary/aromatic N) is 4. The molecular weight excluding hydrogens is 697 g/mol. The number of carbonyl (C=O) groups is 2. The van der Waals surface area contributed by atoms with Gasteiger partial charge in [-0.15, -0.1) is 0 Å². The molecule has 6 N–H and O–H groups in total. The third kappa shape index (κ3) is 9.62. The van der Waals surface area contributed by atoms with Gasteiger partial charge in [-0.05, 0) is 94.2 Å². The van der Waals surface area contributed by atoms with E-state index in [1.165, 1.54) is 12.1 Å². The number of rotatable bonds is 10. The number of methoxy groups -OCH3 is 1. The van der Waals surface area contributed by atoms with Gasteiger partial charge in [0.05, 0.1) is 54.1 Å². The summed E-state index contributed by atoms with van der Waals surface area (Å²) in [6.07, 6.45) is 7.77. The third-order valence-electron chi connectivity index (χ3n) is 9.30. The zero-order valence-corrected chi connectivity index (χ0v) is 33.1. The predicted molar refractivity (Wildman–Crippen MR) is 208 cm³/mol. The number of hydrogen-bond donors (Lipinski definition) is 4. The topological polar surface area (TPSA) is 187 Å². The molecule has 0 bridgehead atoms. The third-order valence-corrected chi connectivity index (χ3v) is 9.89. The van der Waals surface area contributed by atoms with Crippen LogP contribution in [0.1, 0.15) is 112 Å². The van der Waals surface area contributed by atoms with Crippen molar-refractivity contribution in [2.45, 2.75) is 97.1 Å². The van der Waals surface area contributed by atoms with Crippen LogP contribution >= 0.6 is 0 Å². The Labute approximate surface area is 312 Å². The molecule has 53 heavy (non-hydrogen) atoms. The maximum atomic E-state index is 13.7. The smallest absolute Gasteiger partial charge is 0.410 e. The van der Waals surface area contributed by atoms with Crippen molar-refractivity contribution in [3.05, 3.63) is 70.7 Å². The number of piperidine rings is 1. The molecule has 3 aromatic rings. The van der Waals surface area contributed by atoms with E-state index in [9.17, 15) is 18.0 Å². The summed E-state index contributed by atoms with van der Waals surface area (Å²) in [5.41, 5.74) is 11.1. The molecule has 15 heteroatoms. The molecule has 1 aromatic heterocycles. The van der Waals surface area contributed by atoms with Crippen molar-refractivity contribution in [3.8, 4) is 5.75 Å². The van der Waals surface area contributed by atoms with Crippen molar-refractivity contribution in [2.24, 2.45) is 11.6 Å². The molecule has 0 atom stereocenters. The number of hydrogen-bond acceptors (Lipinski definition) is 10. The summed E-state index contributed by atoms with van der Waals surface area (Å²) in [5, 5.41) is 9.06. The van der Waals surface area contributed by atoms with Gasteiger partial charge in [0.15, 0.2) is 5.75 Å². The van der Waals surface area contributed by atoms with E-state index >= 15 is 0 Å². The van der Waals surface area contributed by atoms with E-state index in [1.807, 2.05) is 48.5 Å². The highest BCUT2D eigenvalue weighted by Crippen LogP contribution is 2.42. The van der Waals surface area contributed by atoms with Crippen molar-refractivity contribution >= 4 is 44.8 Å². The van der Waals surface area contributed by atoms with Gasteiger partial charge >= 0.3 is 6.09 Å². The molecule has 1 saturated heterocycles. The standard InChI is InChI=1S/C38H54N8O6S/c1-23-10-11-25(35(47)42-30-19-26(37(2,3)4)20-31(34(30)51-8)43-53(9,49)50)18-32(23)45(40)22-29(39)28-21-41-46(27-12-13-27)33(28)24-14-16-44(17-15-24)36(48)52-38(5,6)7/h10-11,18-22,24,27,43H,12-17,39-40H2,1-9H3,(H,42,47)/b29-22-. The van der Waals surface area contributed by atoms with Crippen LogP contribution in [0.5, 0.6) is 5.75 Å². The maximum absolute atomic E-state index is 13.7. The zero-order chi connectivity index (χ0) is 39.0. The molecule has 0 spiro atoms. The summed E-state index contributed by atoms with van der Waals surface area (Å²) >= 11 is 0. The van der Waals surface area contributed by atoms with Gasteiger partial charge < -0.3 is 25.4 Å². The summed E-state index contributed by atoms with van der Waals surface area (Å²) in [5.74, 6) is 6.50. The van der Waals surface area contributed by atoms with Crippen LogP contribution in [0.25, 0.3) is 5.70 Å². The maximum Gasteiger partial charge on any atom is 0.410 e. The molecule has 1 saturated carbocycles. The van der Waals surface area contributed by atoms with E-state index in [0.29, 0.717) is 41.8 Å². The van der Waals surface area contributed by atoms with Crippen LogP contribution in [0.3, 0.4) is 0 Å². The zero-order valence-electron chi connectivity index (χ0n) is 32.2. The van der Waals surface area contributed by atoms with Crippen molar-refractivity contribution in [3.63, 3.8) is 0 Å². The van der Waals surface area contributed by atoms with Gasteiger partial charge in [-0.2, -0.15) is 5.10 Å². The molecule has 5 rings (SSSR count). The molecule has 288 valence electrons. The van der Waals surface area contributed by atoms with Crippen LogP contribution in [0.4, 0.5) is 21.9 Å². The largest absolute Gasteiger partial charge is 0.492 e. The van der Waals surface area contributed by atoms with Gasteiger partial charge in [0.2, 0.25) is 10.0 Å². The van der Waals surface area contributed by atoms with Gasteiger partial charge in [0.1, 0.15) is 5.60 Å². The van der Waals surface area contributed by atoms with E-state index in [4.69, 9.17) is 26.1 Å². The second kappa shape index (κ2) is 14.9. The van der Waals surface area contributed by atoms with Crippen molar-refractivity contribution in [1.82, 2.24) is 14.7 Å². The van der Waals surface area contributed by atoms with Gasteiger partial charge in [0, 0.05) is 36.3 Å². The highest BCUT2D eigenvalue weighted by atomic mass is 32.2. The highest BCUT2D eigenvalue weighted by Gasteiger charge is 2.35. The minimum atomic E-state index is -3.64. The fourth-order valence-electron chi connectivity index (χ4n) is 6.44. The first-order valence-corrected chi connectivity index (χ1v) is 19.7. The molecule has 2 heterocycles. The van der Waals surface area contributed by atoms with Gasteiger partial charge in [-0.1, -0.05) is 26.8 Å². The van der Waals surface area contributed by atoms with Crippen LogP contribution in [0.2, 0.25) is 0 Å². The Balaban J connectivity index is 1.39. The molecule has 2 aromatic carbocycles. The number of likely N-dealkylation sites (tertiary alicyclic amines) is 1. The Kier molecular flexibility index (Phi) is 11.1. The van der Waals surface area contributed by atoms with Crippen molar-refractivity contribution in [1.29, 1.82) is 0 Å². The molecule has 1 aliphatic heterocycles. The Morgan fingerprint density at radius 2 is 1.66 bits per heavy atom. The highest BCUT2D eigenvalue weighted by molar-refractivity contribution is 7.92. The lowest BCUT2D eigenvalue weighted by molar-refractivity contribution is 0.0203. The number of ether oxygens (including phenoxy) is 2. The number of anilines is 3. The number of nitrogens with two attached hydrogens (primary N) is 2. The SMILES string of the molecule is COc1c(NC(=O)c2ccc(C)c(N(N)/C=C(\N)c3cnn(C4CC4)c3C3CCN(C(=O)OC(C)(C)C)CC3)c2)cc(C(C)(C)C)cc1NS(C)(=O)=O. The number of carbonyl (C=O) groups excluding carboxylic acids is 2. The van der Waals surface area contributed by atoms with Gasteiger partial charge in [-0.3, -0.25) is 19.2 Å². The Bertz CT molecular complexity index is 2000. The molecule has 2 aliphatic rings. The Morgan fingerprint density at radius 3 is 2.23 bits per heavy atom. The van der Waals surface area contributed by atoms with Gasteiger partial charge in [0.25, 0.3) is 5.91 Å². The van der Waals surface area contributed by atoms with E-state index < -0.39 is 21.5 Å². The average molecular weight is 751 g/mol. The van der Waals surface area contributed by atoms with E-state index in [1.54, 1.807) is 47.6 Å². The number of hydrazine groups is 1. The summed E-state index contributed by atoms with van der Waals surface area (Å²) in [4.78, 5) is 28.2. The minimum absolute atomic E-state index is 0.139. The minimum Gasteiger partial charge on any atom is -0.492 e. The number of aryl methyl sites for hydroxylation is 1. The van der Waals surface area contributed by atoms with Crippen LogP contribution in [-0.2, 0) is 20.2 Å². The second-order valence-corrected chi connectivity index (χ2v) is 17.8. The summed E-state index contributed by atoms with van der Waals surface area (Å²) in [6, 6.07) is 8.95. The number of sulfonamides is 1.